The number of fused-ring (bicyclic) bond motifs is 2. The third-order valence-corrected chi connectivity index (χ3v) is 4.49. The van der Waals surface area contributed by atoms with Gasteiger partial charge in [0.05, 0.1) is 0 Å². The van der Waals surface area contributed by atoms with Crippen LogP contribution in [0.1, 0.15) is 33.5 Å². The van der Waals surface area contributed by atoms with Crippen LogP contribution in [0.3, 0.4) is 0 Å². The second-order valence-electron chi connectivity index (χ2n) is 5.80. The highest BCUT2D eigenvalue weighted by molar-refractivity contribution is 5.97. The molecule has 0 atom stereocenters. The number of rotatable bonds is 3. The highest BCUT2D eigenvalue weighted by Gasteiger charge is 2.11. The number of nitrogens with zero attached hydrogens (tertiary/aromatic N) is 1. The summed E-state index contributed by atoms with van der Waals surface area (Å²) >= 11 is 0. The molecule has 0 aliphatic heterocycles. The molecule has 1 aliphatic carbocycles. The van der Waals surface area contributed by atoms with Crippen LogP contribution < -0.4 is 0 Å². The lowest BCUT2D eigenvalue weighted by atomic mass is 10.1. The van der Waals surface area contributed by atoms with Crippen molar-refractivity contribution in [2.45, 2.75) is 25.8 Å². The van der Waals surface area contributed by atoms with Crippen molar-refractivity contribution in [3.05, 3.63) is 70.9 Å². The molecule has 0 unspecified atom stereocenters. The standard InChI is InChI=1S/C19H17NO/c21-13-17-5-2-6-19-18(17)9-10-20(19)12-14-7-8-15-3-1-4-16(15)11-14/h2,5-11,13H,1,3-4,12H2. The largest absolute Gasteiger partial charge is 0.343 e. The Labute approximate surface area is 124 Å². The number of aryl methyl sites for hydroxylation is 2. The van der Waals surface area contributed by atoms with Gasteiger partial charge in [-0.15, -0.1) is 0 Å². The first-order valence-electron chi connectivity index (χ1n) is 7.49. The van der Waals surface area contributed by atoms with E-state index in [1.54, 1.807) is 0 Å². The lowest BCUT2D eigenvalue weighted by molar-refractivity contribution is 0.112. The minimum Gasteiger partial charge on any atom is -0.343 e. The van der Waals surface area contributed by atoms with Gasteiger partial charge in [0.25, 0.3) is 0 Å². The minimum atomic E-state index is 0.764. The molecule has 4 rings (SSSR count). The van der Waals surface area contributed by atoms with Gasteiger partial charge < -0.3 is 4.57 Å². The Hall–Kier alpha value is -2.35. The second-order valence-corrected chi connectivity index (χ2v) is 5.80. The second kappa shape index (κ2) is 4.88. The number of hydrogen-bond donors (Lipinski definition) is 0. The molecule has 1 aliphatic rings. The third kappa shape index (κ3) is 2.07. The molecule has 21 heavy (non-hydrogen) atoms. The Bertz CT molecular complexity index is 829. The molecule has 0 saturated carbocycles. The normalized spacial score (nSPS) is 13.5. The van der Waals surface area contributed by atoms with Gasteiger partial charge in [-0.3, -0.25) is 4.79 Å². The summed E-state index contributed by atoms with van der Waals surface area (Å²) in [7, 11) is 0. The number of aromatic nitrogens is 1. The van der Waals surface area contributed by atoms with Gasteiger partial charge in [-0.2, -0.15) is 0 Å². The highest BCUT2D eigenvalue weighted by Crippen LogP contribution is 2.25. The van der Waals surface area contributed by atoms with Gasteiger partial charge in [0.1, 0.15) is 0 Å². The summed E-state index contributed by atoms with van der Waals surface area (Å²) in [6, 6.07) is 14.8. The number of aldehydes is 1. The Morgan fingerprint density at radius 1 is 1.05 bits per heavy atom. The number of benzene rings is 2. The predicted octanol–water partition coefficient (Wildman–Crippen LogP) is 3.99. The molecule has 0 amide bonds. The van der Waals surface area contributed by atoms with E-state index in [1.165, 1.54) is 36.0 Å². The predicted molar refractivity (Wildman–Crippen MR) is 84.9 cm³/mol. The molecule has 3 aromatic rings. The molecule has 104 valence electrons. The van der Waals surface area contributed by atoms with Crippen molar-refractivity contribution < 1.29 is 4.79 Å². The molecule has 0 radical (unpaired) electrons. The van der Waals surface area contributed by atoms with E-state index < -0.39 is 0 Å². The Morgan fingerprint density at radius 3 is 2.86 bits per heavy atom. The van der Waals surface area contributed by atoms with Gasteiger partial charge in [0.15, 0.2) is 6.29 Å². The zero-order valence-electron chi connectivity index (χ0n) is 11.9. The van der Waals surface area contributed by atoms with E-state index >= 15 is 0 Å². The molecular weight excluding hydrogens is 258 g/mol. The van der Waals surface area contributed by atoms with Crippen LogP contribution in [0.5, 0.6) is 0 Å². The van der Waals surface area contributed by atoms with E-state index in [-0.39, 0.29) is 0 Å². The Balaban J connectivity index is 1.73. The van der Waals surface area contributed by atoms with Crippen molar-refractivity contribution in [1.82, 2.24) is 4.57 Å². The monoisotopic (exact) mass is 275 g/mol. The first-order valence-corrected chi connectivity index (χ1v) is 7.49. The summed E-state index contributed by atoms with van der Waals surface area (Å²) < 4.78 is 2.22. The van der Waals surface area contributed by atoms with Crippen LogP contribution in [0.25, 0.3) is 10.9 Å². The first-order chi connectivity index (χ1) is 10.3. The van der Waals surface area contributed by atoms with Crippen molar-refractivity contribution in [2.24, 2.45) is 0 Å². The Morgan fingerprint density at radius 2 is 1.95 bits per heavy atom. The van der Waals surface area contributed by atoms with Crippen LogP contribution in [-0.4, -0.2) is 10.9 Å². The van der Waals surface area contributed by atoms with Crippen LogP contribution in [-0.2, 0) is 19.4 Å². The fourth-order valence-corrected chi connectivity index (χ4v) is 3.41. The summed E-state index contributed by atoms with van der Waals surface area (Å²) in [5, 5.41) is 1.04. The van der Waals surface area contributed by atoms with E-state index in [0.29, 0.717) is 0 Å². The molecule has 0 saturated heterocycles. The zero-order valence-corrected chi connectivity index (χ0v) is 11.9. The van der Waals surface area contributed by atoms with Gasteiger partial charge in [-0.25, -0.2) is 0 Å². The van der Waals surface area contributed by atoms with E-state index in [1.807, 2.05) is 18.2 Å². The molecule has 0 spiro atoms. The lowest BCUT2D eigenvalue weighted by Crippen LogP contribution is -1.99. The summed E-state index contributed by atoms with van der Waals surface area (Å²) in [6.45, 7) is 0.860. The first kappa shape index (κ1) is 12.4. The lowest BCUT2D eigenvalue weighted by Gasteiger charge is -2.08. The molecule has 0 bridgehead atoms. The maximum atomic E-state index is 11.1. The number of hydrogen-bond acceptors (Lipinski definition) is 1. The molecule has 2 heteroatoms. The maximum Gasteiger partial charge on any atom is 0.150 e. The average Bonchev–Trinajstić information content (AvgIpc) is 3.13. The van der Waals surface area contributed by atoms with Crippen LogP contribution in [0.4, 0.5) is 0 Å². The quantitative estimate of drug-likeness (QED) is 0.662. The van der Waals surface area contributed by atoms with Gasteiger partial charge in [0, 0.05) is 29.2 Å². The van der Waals surface area contributed by atoms with Gasteiger partial charge in [-0.05, 0) is 48.1 Å². The SMILES string of the molecule is O=Cc1cccc2c1ccn2Cc1ccc2c(c1)CCC2. The zero-order chi connectivity index (χ0) is 14.2. The summed E-state index contributed by atoms with van der Waals surface area (Å²) in [6.07, 6.45) is 6.73. The van der Waals surface area contributed by atoms with Crippen LogP contribution in [0.15, 0.2) is 48.7 Å². The van der Waals surface area contributed by atoms with Crippen molar-refractivity contribution in [3.8, 4) is 0 Å². The Kier molecular flexibility index (Phi) is 2.88. The average molecular weight is 275 g/mol. The van der Waals surface area contributed by atoms with E-state index in [4.69, 9.17) is 0 Å². The number of carbonyl (C=O) groups is 1. The summed E-state index contributed by atoms with van der Waals surface area (Å²) in [4.78, 5) is 11.1. The molecule has 1 aromatic heterocycles. The van der Waals surface area contributed by atoms with E-state index in [0.717, 1.165) is 29.3 Å². The molecule has 2 aromatic carbocycles. The summed E-state index contributed by atoms with van der Waals surface area (Å²) in [5.41, 5.74) is 6.25. The van der Waals surface area contributed by atoms with Gasteiger partial charge in [-0.1, -0.05) is 30.3 Å². The topological polar surface area (TPSA) is 22.0 Å². The molecule has 2 nitrogen and oxygen atoms in total. The van der Waals surface area contributed by atoms with Crippen molar-refractivity contribution in [1.29, 1.82) is 0 Å². The van der Waals surface area contributed by atoms with E-state index in [9.17, 15) is 4.79 Å². The maximum absolute atomic E-state index is 11.1. The van der Waals surface area contributed by atoms with Gasteiger partial charge in [0.2, 0.25) is 0 Å². The molecular formula is C19H17NO. The molecule has 0 fully saturated rings. The fraction of sp³-hybridized carbons (Fsp3) is 0.211. The fourth-order valence-electron chi connectivity index (χ4n) is 3.41. The van der Waals surface area contributed by atoms with Crippen molar-refractivity contribution >= 4 is 17.2 Å². The van der Waals surface area contributed by atoms with E-state index in [2.05, 4.69) is 35.0 Å². The van der Waals surface area contributed by atoms with Crippen molar-refractivity contribution in [2.75, 3.05) is 0 Å². The van der Waals surface area contributed by atoms with Crippen LogP contribution in [0, 0.1) is 0 Å². The number of carbonyl (C=O) groups excluding carboxylic acids is 1. The molecule has 0 N–H and O–H groups in total. The minimum absolute atomic E-state index is 0.764. The van der Waals surface area contributed by atoms with Gasteiger partial charge >= 0.3 is 0 Å². The van der Waals surface area contributed by atoms with Crippen LogP contribution in [0.2, 0.25) is 0 Å². The van der Waals surface area contributed by atoms with Crippen molar-refractivity contribution in [3.63, 3.8) is 0 Å². The van der Waals surface area contributed by atoms with Crippen LogP contribution >= 0.6 is 0 Å². The summed E-state index contributed by atoms with van der Waals surface area (Å²) in [5.74, 6) is 0. The molecule has 1 heterocycles. The highest BCUT2D eigenvalue weighted by atomic mass is 16.1. The third-order valence-electron chi connectivity index (χ3n) is 4.49. The smallest absolute Gasteiger partial charge is 0.150 e.